The minimum Gasteiger partial charge on any atom is -0.494 e. The first kappa shape index (κ1) is 20.9. The molecule has 2 aromatic carbocycles. The summed E-state index contributed by atoms with van der Waals surface area (Å²) in [6.07, 6.45) is 1.89. The van der Waals surface area contributed by atoms with Crippen molar-refractivity contribution in [2.45, 2.75) is 29.8 Å². The van der Waals surface area contributed by atoms with Crippen molar-refractivity contribution in [3.63, 3.8) is 0 Å². The van der Waals surface area contributed by atoms with E-state index in [2.05, 4.69) is 10.3 Å². The molecule has 0 unspecified atom stereocenters. The number of rotatable bonds is 7. The van der Waals surface area contributed by atoms with Gasteiger partial charge in [-0.15, -0.1) is 0 Å². The van der Waals surface area contributed by atoms with Crippen LogP contribution in [0.5, 0.6) is 5.75 Å². The van der Waals surface area contributed by atoms with Gasteiger partial charge in [0, 0.05) is 30.6 Å². The lowest BCUT2D eigenvalue weighted by atomic mass is 10.2. The van der Waals surface area contributed by atoms with Crippen molar-refractivity contribution in [3.05, 3.63) is 78.0 Å². The third-order valence-corrected chi connectivity index (χ3v) is 5.98. The fraction of sp³-hybridized carbons (Fsp3) is 0.208. The van der Waals surface area contributed by atoms with Crippen molar-refractivity contribution in [2.75, 3.05) is 18.1 Å². The molecule has 0 spiro atoms. The van der Waals surface area contributed by atoms with Gasteiger partial charge in [0.15, 0.2) is 0 Å². The second-order valence-corrected chi connectivity index (χ2v) is 8.02. The fourth-order valence-electron chi connectivity index (χ4n) is 3.35. The minimum atomic E-state index is -0.139. The Morgan fingerprint density at radius 3 is 2.71 bits per heavy atom. The Balaban J connectivity index is 1.42. The zero-order valence-corrected chi connectivity index (χ0v) is 18.0. The van der Waals surface area contributed by atoms with E-state index in [1.807, 2.05) is 55.5 Å². The van der Waals surface area contributed by atoms with Gasteiger partial charge in [-0.1, -0.05) is 36.0 Å². The monoisotopic (exact) mass is 433 g/mol. The van der Waals surface area contributed by atoms with Crippen LogP contribution in [-0.2, 0) is 11.3 Å². The highest BCUT2D eigenvalue weighted by molar-refractivity contribution is 7.99. The van der Waals surface area contributed by atoms with Crippen LogP contribution in [0.25, 0.3) is 0 Å². The Kier molecular flexibility index (Phi) is 6.52. The lowest BCUT2D eigenvalue weighted by molar-refractivity contribution is -0.121. The van der Waals surface area contributed by atoms with E-state index in [0.717, 1.165) is 21.9 Å². The zero-order valence-electron chi connectivity index (χ0n) is 17.2. The first-order chi connectivity index (χ1) is 15.2. The molecule has 1 aliphatic heterocycles. The second-order valence-electron chi connectivity index (χ2n) is 6.99. The van der Waals surface area contributed by atoms with Crippen LogP contribution < -0.4 is 15.0 Å². The van der Waals surface area contributed by atoms with Crippen LogP contribution in [0.4, 0.5) is 5.69 Å². The third kappa shape index (κ3) is 4.88. The third-order valence-electron chi connectivity index (χ3n) is 4.90. The van der Waals surface area contributed by atoms with Crippen molar-refractivity contribution in [3.8, 4) is 5.75 Å². The number of benzene rings is 2. The summed E-state index contributed by atoms with van der Waals surface area (Å²) < 4.78 is 5.44. The maximum absolute atomic E-state index is 13.2. The topological polar surface area (TPSA) is 71.5 Å². The van der Waals surface area contributed by atoms with E-state index in [1.165, 1.54) is 11.8 Å². The minimum absolute atomic E-state index is 0.109. The number of nitrogens with one attached hydrogen (secondary N) is 1. The number of carbonyl (C=O) groups is 2. The molecule has 1 aromatic heterocycles. The number of para-hydroxylation sites is 1. The van der Waals surface area contributed by atoms with Gasteiger partial charge in [0.25, 0.3) is 5.91 Å². The molecule has 0 aliphatic carbocycles. The molecule has 0 atom stereocenters. The van der Waals surface area contributed by atoms with Crippen LogP contribution in [0, 0.1) is 0 Å². The van der Waals surface area contributed by atoms with Crippen LogP contribution in [0.3, 0.4) is 0 Å². The van der Waals surface area contributed by atoms with Crippen LogP contribution in [0.2, 0.25) is 0 Å². The maximum Gasteiger partial charge on any atom is 0.261 e. The Hall–Kier alpha value is -3.32. The number of carbonyl (C=O) groups excluding carboxylic acids is 2. The lowest BCUT2D eigenvalue weighted by Crippen LogP contribution is -2.35. The number of pyridine rings is 1. The highest BCUT2D eigenvalue weighted by Gasteiger charge is 2.28. The van der Waals surface area contributed by atoms with E-state index < -0.39 is 0 Å². The lowest BCUT2D eigenvalue weighted by Gasteiger charge is -2.22. The predicted molar refractivity (Wildman–Crippen MR) is 121 cm³/mol. The van der Waals surface area contributed by atoms with Gasteiger partial charge >= 0.3 is 0 Å². The van der Waals surface area contributed by atoms with Gasteiger partial charge in [0.2, 0.25) is 5.91 Å². The normalized spacial score (nSPS) is 12.5. The smallest absolute Gasteiger partial charge is 0.261 e. The summed E-state index contributed by atoms with van der Waals surface area (Å²) >= 11 is 1.47. The van der Waals surface area contributed by atoms with E-state index in [4.69, 9.17) is 4.74 Å². The number of anilines is 1. The van der Waals surface area contributed by atoms with Gasteiger partial charge in [-0.2, -0.15) is 0 Å². The van der Waals surface area contributed by atoms with Gasteiger partial charge in [0.1, 0.15) is 10.8 Å². The van der Waals surface area contributed by atoms with Crippen molar-refractivity contribution in [1.82, 2.24) is 10.3 Å². The number of hydrogen-bond donors (Lipinski definition) is 1. The van der Waals surface area contributed by atoms with Gasteiger partial charge < -0.3 is 15.0 Å². The summed E-state index contributed by atoms with van der Waals surface area (Å²) in [5.41, 5.74) is 2.35. The molecule has 6 nitrogen and oxygen atoms in total. The molecule has 0 radical (unpaired) electrons. The second kappa shape index (κ2) is 9.66. The highest BCUT2D eigenvalue weighted by Crippen LogP contribution is 2.40. The first-order valence-corrected chi connectivity index (χ1v) is 11.0. The molecule has 3 aromatic rings. The summed E-state index contributed by atoms with van der Waals surface area (Å²) in [5, 5.41) is 3.61. The Labute approximate surface area is 185 Å². The maximum atomic E-state index is 13.2. The van der Waals surface area contributed by atoms with Crippen LogP contribution in [-0.4, -0.2) is 29.9 Å². The van der Waals surface area contributed by atoms with Crippen molar-refractivity contribution in [1.29, 1.82) is 0 Å². The van der Waals surface area contributed by atoms with E-state index in [-0.39, 0.29) is 18.2 Å². The Morgan fingerprint density at radius 2 is 1.90 bits per heavy atom. The largest absolute Gasteiger partial charge is 0.494 e. The molecule has 4 rings (SSSR count). The molecule has 2 amide bonds. The SMILES string of the molecule is CCOc1ccc(CNC(=O)CCN2C(=O)c3cccnc3Sc3ccccc32)cc1. The van der Waals surface area contributed by atoms with Crippen LogP contribution in [0.1, 0.15) is 29.3 Å². The quantitative estimate of drug-likeness (QED) is 0.602. The number of ether oxygens (including phenoxy) is 1. The summed E-state index contributed by atoms with van der Waals surface area (Å²) in [4.78, 5) is 32.7. The molecule has 0 bridgehead atoms. The molecule has 158 valence electrons. The number of hydrogen-bond acceptors (Lipinski definition) is 5. The van der Waals surface area contributed by atoms with Gasteiger partial charge in [0.05, 0.1) is 17.9 Å². The van der Waals surface area contributed by atoms with E-state index in [1.54, 1.807) is 23.2 Å². The molecular formula is C24H23N3O3S. The van der Waals surface area contributed by atoms with Gasteiger partial charge in [-0.3, -0.25) is 9.59 Å². The van der Waals surface area contributed by atoms with Crippen molar-refractivity contribution < 1.29 is 14.3 Å². The molecular weight excluding hydrogens is 410 g/mol. The Morgan fingerprint density at radius 1 is 1.10 bits per heavy atom. The van der Waals surface area contributed by atoms with E-state index in [0.29, 0.717) is 30.3 Å². The molecule has 0 saturated carbocycles. The first-order valence-electron chi connectivity index (χ1n) is 10.2. The molecule has 1 N–H and O–H groups in total. The van der Waals surface area contributed by atoms with E-state index in [9.17, 15) is 9.59 Å². The van der Waals surface area contributed by atoms with Crippen LogP contribution >= 0.6 is 11.8 Å². The summed E-state index contributed by atoms with van der Waals surface area (Å²) in [6.45, 7) is 3.28. The van der Waals surface area contributed by atoms with E-state index >= 15 is 0 Å². The summed E-state index contributed by atoms with van der Waals surface area (Å²) in [5.74, 6) is 0.561. The Bertz CT molecular complexity index is 1090. The predicted octanol–water partition coefficient (Wildman–Crippen LogP) is 4.30. The average Bonchev–Trinajstić information content (AvgIpc) is 2.91. The van der Waals surface area contributed by atoms with Gasteiger partial charge in [-0.05, 0) is 48.9 Å². The average molecular weight is 434 g/mol. The molecule has 0 saturated heterocycles. The number of nitrogens with zero attached hydrogens (tertiary/aromatic N) is 2. The fourth-order valence-corrected chi connectivity index (χ4v) is 4.37. The molecule has 0 fully saturated rings. The molecule has 31 heavy (non-hydrogen) atoms. The standard InChI is InChI=1S/C24H23N3O3S/c1-2-30-18-11-9-17(10-12-18)16-26-22(28)13-15-27-20-7-3-4-8-21(20)31-23-19(24(27)29)6-5-14-25-23/h3-12,14H,2,13,15-16H2,1H3,(H,26,28). The molecule has 1 aliphatic rings. The van der Waals surface area contributed by atoms with Crippen molar-refractivity contribution in [2.24, 2.45) is 0 Å². The molecule has 2 heterocycles. The highest BCUT2D eigenvalue weighted by atomic mass is 32.2. The molecule has 7 heteroatoms. The van der Waals surface area contributed by atoms with Gasteiger partial charge in [-0.25, -0.2) is 4.98 Å². The summed E-state index contributed by atoms with van der Waals surface area (Å²) in [6, 6.07) is 18.9. The number of amides is 2. The number of fused-ring (bicyclic) bond motifs is 2. The summed E-state index contributed by atoms with van der Waals surface area (Å²) in [7, 11) is 0. The van der Waals surface area contributed by atoms with Crippen molar-refractivity contribution >= 4 is 29.3 Å². The number of aromatic nitrogens is 1. The zero-order chi connectivity index (χ0) is 21.6. The van der Waals surface area contributed by atoms with Crippen LogP contribution in [0.15, 0.2) is 76.8 Å².